The van der Waals surface area contributed by atoms with Gasteiger partial charge in [-0.05, 0) is 35.7 Å². The molecule has 0 radical (unpaired) electrons. The minimum atomic E-state index is -0.407. The van der Waals surface area contributed by atoms with Crippen molar-refractivity contribution in [3.63, 3.8) is 0 Å². The molecule has 0 spiro atoms. The maximum absolute atomic E-state index is 10.8. The Morgan fingerprint density at radius 2 is 1.66 bits per heavy atom. The highest BCUT2D eigenvalue weighted by Gasteiger charge is 2.16. The Kier molecular flexibility index (Phi) is 5.03. The summed E-state index contributed by atoms with van der Waals surface area (Å²) in [5.41, 5.74) is 3.57. The summed E-state index contributed by atoms with van der Waals surface area (Å²) in [5.74, 6) is 1.52. The topological polar surface area (TPSA) is 91.3 Å². The number of methoxy groups -OCH3 is 1. The fourth-order valence-corrected chi connectivity index (χ4v) is 3.11. The van der Waals surface area contributed by atoms with Crippen molar-refractivity contribution >= 4 is 5.69 Å². The van der Waals surface area contributed by atoms with E-state index in [4.69, 9.17) is 9.26 Å². The van der Waals surface area contributed by atoms with Crippen molar-refractivity contribution in [2.24, 2.45) is 0 Å². The van der Waals surface area contributed by atoms with Crippen molar-refractivity contribution < 1.29 is 14.2 Å². The number of non-ortho nitro benzene ring substituents is 1. The third-order valence-electron chi connectivity index (χ3n) is 4.56. The molecule has 0 saturated heterocycles. The van der Waals surface area contributed by atoms with Crippen molar-refractivity contribution in [3.8, 4) is 28.6 Å². The van der Waals surface area contributed by atoms with Crippen LogP contribution in [0.4, 0.5) is 5.69 Å². The molecule has 0 N–H and O–H groups in total. The summed E-state index contributed by atoms with van der Waals surface area (Å²) in [6.45, 7) is 0. The molecule has 7 nitrogen and oxygen atoms in total. The summed E-state index contributed by atoms with van der Waals surface area (Å²) >= 11 is 0. The molecule has 4 aromatic rings. The number of hydrogen-bond donors (Lipinski definition) is 0. The predicted octanol–water partition coefficient (Wildman–Crippen LogP) is 4.91. The van der Waals surface area contributed by atoms with E-state index >= 15 is 0 Å². The molecule has 1 heterocycles. The number of ether oxygens (including phenoxy) is 1. The smallest absolute Gasteiger partial charge is 0.269 e. The molecular weight excluding hydrogens is 370 g/mol. The van der Waals surface area contributed by atoms with Gasteiger partial charge >= 0.3 is 0 Å². The van der Waals surface area contributed by atoms with Crippen LogP contribution in [-0.4, -0.2) is 22.2 Å². The maximum atomic E-state index is 10.8. The van der Waals surface area contributed by atoms with E-state index in [0.717, 1.165) is 22.3 Å². The van der Waals surface area contributed by atoms with Gasteiger partial charge in [-0.25, -0.2) is 0 Å². The standard InChI is InChI=1S/C22H17N3O4/c1-28-20-9-5-4-8-19(20)21-23-22(29-24-21)18-7-3-2-6-16(18)14-15-10-12-17(13-11-15)25(26)27/h2-13H,14H2,1H3. The van der Waals surface area contributed by atoms with Gasteiger partial charge in [-0.3, -0.25) is 10.1 Å². The van der Waals surface area contributed by atoms with Gasteiger partial charge < -0.3 is 9.26 Å². The van der Waals surface area contributed by atoms with E-state index in [2.05, 4.69) is 10.1 Å². The van der Waals surface area contributed by atoms with Gasteiger partial charge in [0.2, 0.25) is 5.82 Å². The fraction of sp³-hybridized carbons (Fsp3) is 0.0909. The Hall–Kier alpha value is -4.00. The quantitative estimate of drug-likeness (QED) is 0.345. The van der Waals surface area contributed by atoms with Crippen LogP contribution >= 0.6 is 0 Å². The Bertz CT molecular complexity index is 1150. The molecule has 4 rings (SSSR count). The molecule has 0 bridgehead atoms. The van der Waals surface area contributed by atoms with E-state index in [9.17, 15) is 10.1 Å². The number of nitrogens with zero attached hydrogens (tertiary/aromatic N) is 3. The van der Waals surface area contributed by atoms with E-state index in [-0.39, 0.29) is 5.69 Å². The Balaban J connectivity index is 1.65. The Morgan fingerprint density at radius 1 is 0.966 bits per heavy atom. The van der Waals surface area contributed by atoms with E-state index in [0.29, 0.717) is 23.9 Å². The zero-order valence-electron chi connectivity index (χ0n) is 15.6. The molecule has 0 aliphatic heterocycles. The van der Waals surface area contributed by atoms with Crippen LogP contribution in [0.1, 0.15) is 11.1 Å². The number of para-hydroxylation sites is 1. The second kappa shape index (κ2) is 7.93. The van der Waals surface area contributed by atoms with Gasteiger partial charge in [0.05, 0.1) is 17.6 Å². The molecule has 0 unspecified atom stereocenters. The molecule has 0 amide bonds. The summed E-state index contributed by atoms with van der Waals surface area (Å²) < 4.78 is 10.9. The maximum Gasteiger partial charge on any atom is 0.269 e. The van der Waals surface area contributed by atoms with Crippen molar-refractivity contribution in [1.82, 2.24) is 10.1 Å². The summed E-state index contributed by atoms with van der Waals surface area (Å²) in [7, 11) is 1.60. The van der Waals surface area contributed by atoms with Crippen LogP contribution < -0.4 is 4.74 Å². The Morgan fingerprint density at radius 3 is 2.38 bits per heavy atom. The first-order valence-corrected chi connectivity index (χ1v) is 8.94. The molecule has 29 heavy (non-hydrogen) atoms. The van der Waals surface area contributed by atoms with E-state index in [1.165, 1.54) is 12.1 Å². The van der Waals surface area contributed by atoms with Crippen LogP contribution in [0, 0.1) is 10.1 Å². The van der Waals surface area contributed by atoms with E-state index < -0.39 is 4.92 Å². The van der Waals surface area contributed by atoms with Crippen LogP contribution in [0.15, 0.2) is 77.3 Å². The van der Waals surface area contributed by atoms with Gasteiger partial charge in [0, 0.05) is 17.7 Å². The molecule has 144 valence electrons. The monoisotopic (exact) mass is 387 g/mol. The molecular formula is C22H17N3O4. The minimum absolute atomic E-state index is 0.0698. The van der Waals surface area contributed by atoms with Crippen molar-refractivity contribution in [2.75, 3.05) is 7.11 Å². The van der Waals surface area contributed by atoms with E-state index in [1.807, 2.05) is 48.5 Å². The largest absolute Gasteiger partial charge is 0.496 e. The Labute approximate surface area is 166 Å². The van der Waals surface area contributed by atoms with Gasteiger partial charge in [-0.1, -0.05) is 47.6 Å². The van der Waals surface area contributed by atoms with Crippen molar-refractivity contribution in [2.45, 2.75) is 6.42 Å². The predicted molar refractivity (Wildman–Crippen MR) is 108 cm³/mol. The highest BCUT2D eigenvalue weighted by molar-refractivity contribution is 5.67. The molecule has 7 heteroatoms. The molecule has 0 atom stereocenters. The van der Waals surface area contributed by atoms with Crippen LogP contribution in [0.5, 0.6) is 5.75 Å². The van der Waals surface area contributed by atoms with E-state index in [1.54, 1.807) is 19.2 Å². The van der Waals surface area contributed by atoms with Gasteiger partial charge in [0.15, 0.2) is 0 Å². The lowest BCUT2D eigenvalue weighted by Crippen LogP contribution is -1.94. The highest BCUT2D eigenvalue weighted by Crippen LogP contribution is 2.31. The summed E-state index contributed by atoms with van der Waals surface area (Å²) in [6.07, 6.45) is 0.584. The molecule has 3 aromatic carbocycles. The van der Waals surface area contributed by atoms with Gasteiger partial charge in [-0.2, -0.15) is 4.98 Å². The zero-order valence-corrected chi connectivity index (χ0v) is 15.6. The van der Waals surface area contributed by atoms with Crippen LogP contribution in [0.2, 0.25) is 0 Å². The molecule has 1 aromatic heterocycles. The first-order valence-electron chi connectivity index (χ1n) is 8.94. The average molecular weight is 387 g/mol. The van der Waals surface area contributed by atoms with Crippen molar-refractivity contribution in [1.29, 1.82) is 0 Å². The van der Waals surface area contributed by atoms with Crippen LogP contribution in [0.25, 0.3) is 22.8 Å². The molecule has 0 aliphatic rings. The highest BCUT2D eigenvalue weighted by atomic mass is 16.6. The number of aromatic nitrogens is 2. The second-order valence-corrected chi connectivity index (χ2v) is 6.38. The molecule has 0 saturated carbocycles. The van der Waals surface area contributed by atoms with Crippen molar-refractivity contribution in [3.05, 3.63) is 94.0 Å². The number of benzene rings is 3. The number of hydrogen-bond acceptors (Lipinski definition) is 6. The number of rotatable bonds is 6. The zero-order chi connectivity index (χ0) is 20.2. The number of nitro benzene ring substituents is 1. The molecule has 0 fully saturated rings. The summed E-state index contributed by atoms with van der Waals surface area (Å²) in [4.78, 5) is 15.0. The second-order valence-electron chi connectivity index (χ2n) is 6.38. The number of nitro groups is 1. The van der Waals surface area contributed by atoms with Gasteiger partial charge in [0.25, 0.3) is 11.6 Å². The summed E-state index contributed by atoms with van der Waals surface area (Å²) in [6, 6.07) is 21.7. The fourth-order valence-electron chi connectivity index (χ4n) is 3.11. The normalized spacial score (nSPS) is 10.7. The average Bonchev–Trinajstić information content (AvgIpc) is 3.24. The first kappa shape index (κ1) is 18.4. The first-order chi connectivity index (χ1) is 14.2. The van der Waals surface area contributed by atoms with Crippen LogP contribution in [-0.2, 0) is 6.42 Å². The third-order valence-corrected chi connectivity index (χ3v) is 4.56. The van der Waals surface area contributed by atoms with Crippen LogP contribution in [0.3, 0.4) is 0 Å². The third kappa shape index (κ3) is 3.84. The minimum Gasteiger partial charge on any atom is -0.496 e. The van der Waals surface area contributed by atoms with Gasteiger partial charge in [-0.15, -0.1) is 0 Å². The lowest BCUT2D eigenvalue weighted by molar-refractivity contribution is -0.384. The lowest BCUT2D eigenvalue weighted by Gasteiger charge is -2.06. The van der Waals surface area contributed by atoms with Gasteiger partial charge in [0.1, 0.15) is 5.75 Å². The lowest BCUT2D eigenvalue weighted by atomic mass is 9.99. The summed E-state index contributed by atoms with van der Waals surface area (Å²) in [5, 5.41) is 15.0. The molecule has 0 aliphatic carbocycles. The SMILES string of the molecule is COc1ccccc1-c1noc(-c2ccccc2Cc2ccc([N+](=O)[O-])cc2)n1.